The first-order chi connectivity index (χ1) is 5.79. The lowest BCUT2D eigenvalue weighted by Crippen LogP contribution is -2.42. The van der Waals surface area contributed by atoms with Gasteiger partial charge in [0.2, 0.25) is 0 Å². The van der Waals surface area contributed by atoms with E-state index in [1.165, 1.54) is 0 Å². The summed E-state index contributed by atoms with van der Waals surface area (Å²) in [6.45, 7) is 11.0. The van der Waals surface area contributed by atoms with Gasteiger partial charge in [0, 0.05) is 11.5 Å². The first-order valence-corrected chi connectivity index (χ1v) is 5.03. The lowest BCUT2D eigenvalue weighted by atomic mass is 10.0. The Morgan fingerprint density at radius 2 is 1.85 bits per heavy atom. The summed E-state index contributed by atoms with van der Waals surface area (Å²) in [6, 6.07) is 0. The molecule has 0 aromatic heterocycles. The summed E-state index contributed by atoms with van der Waals surface area (Å²) in [4.78, 5) is 13.7. The normalized spacial score (nSPS) is 14.7. The molecule has 0 aromatic rings. The van der Waals surface area contributed by atoms with E-state index < -0.39 is 0 Å². The van der Waals surface area contributed by atoms with Crippen LogP contribution in [-0.4, -0.2) is 29.8 Å². The highest BCUT2D eigenvalue weighted by atomic mass is 16.1. The lowest BCUT2D eigenvalue weighted by molar-refractivity contribution is -0.124. The molecule has 0 saturated carbocycles. The average molecular weight is 185 g/mol. The van der Waals surface area contributed by atoms with E-state index in [2.05, 4.69) is 32.6 Å². The van der Waals surface area contributed by atoms with E-state index in [1.54, 1.807) is 0 Å². The van der Waals surface area contributed by atoms with Crippen LogP contribution in [0.5, 0.6) is 0 Å². The molecule has 0 saturated heterocycles. The SMILES string of the molecule is CCC(C)C(=O)CN(C)C(C)(C)C. The van der Waals surface area contributed by atoms with Gasteiger partial charge in [0.1, 0.15) is 5.78 Å². The Kier molecular flexibility index (Phi) is 4.62. The molecule has 78 valence electrons. The van der Waals surface area contributed by atoms with Crippen molar-refractivity contribution in [3.8, 4) is 0 Å². The quantitative estimate of drug-likeness (QED) is 0.670. The molecule has 0 amide bonds. The second kappa shape index (κ2) is 4.75. The third-order valence-electron chi connectivity index (χ3n) is 2.70. The Labute approximate surface area is 82.3 Å². The number of hydrogen-bond acceptors (Lipinski definition) is 2. The molecule has 0 aliphatic heterocycles. The van der Waals surface area contributed by atoms with E-state index in [0.717, 1.165) is 6.42 Å². The van der Waals surface area contributed by atoms with Crippen LogP contribution in [0, 0.1) is 5.92 Å². The van der Waals surface area contributed by atoms with Crippen LogP contribution >= 0.6 is 0 Å². The Morgan fingerprint density at radius 3 is 2.15 bits per heavy atom. The number of hydrogen-bond donors (Lipinski definition) is 0. The number of carbonyl (C=O) groups is 1. The van der Waals surface area contributed by atoms with Crippen molar-refractivity contribution in [3.05, 3.63) is 0 Å². The number of Topliss-reactive ketones (excluding diaryl/α,β-unsaturated/α-hetero) is 1. The molecule has 0 N–H and O–H groups in total. The maximum Gasteiger partial charge on any atom is 0.149 e. The molecule has 1 unspecified atom stereocenters. The summed E-state index contributed by atoms with van der Waals surface area (Å²) in [5, 5.41) is 0. The minimum atomic E-state index is 0.0864. The van der Waals surface area contributed by atoms with Crippen molar-refractivity contribution in [2.24, 2.45) is 5.92 Å². The summed E-state index contributed by atoms with van der Waals surface area (Å²) < 4.78 is 0. The zero-order valence-electron chi connectivity index (χ0n) is 9.85. The Morgan fingerprint density at radius 1 is 1.38 bits per heavy atom. The first-order valence-electron chi connectivity index (χ1n) is 5.03. The number of carbonyl (C=O) groups excluding carboxylic acids is 1. The molecule has 0 fully saturated rings. The molecule has 0 aliphatic rings. The highest BCUT2D eigenvalue weighted by Gasteiger charge is 2.21. The summed E-state index contributed by atoms with van der Waals surface area (Å²) in [7, 11) is 2.00. The van der Waals surface area contributed by atoms with Crippen molar-refractivity contribution >= 4 is 5.78 Å². The van der Waals surface area contributed by atoms with E-state index in [-0.39, 0.29) is 11.5 Å². The molecule has 0 aliphatic carbocycles. The third kappa shape index (κ3) is 4.41. The molecule has 2 nitrogen and oxygen atoms in total. The Bertz CT molecular complexity index is 169. The van der Waals surface area contributed by atoms with Crippen molar-refractivity contribution in [2.45, 2.75) is 46.6 Å². The van der Waals surface area contributed by atoms with Crippen molar-refractivity contribution in [1.29, 1.82) is 0 Å². The van der Waals surface area contributed by atoms with Crippen molar-refractivity contribution < 1.29 is 4.79 Å². The Hall–Kier alpha value is -0.370. The molecule has 0 aromatic carbocycles. The first kappa shape index (κ1) is 12.6. The van der Waals surface area contributed by atoms with E-state index in [0.29, 0.717) is 12.3 Å². The molecule has 0 heterocycles. The van der Waals surface area contributed by atoms with Gasteiger partial charge in [-0.3, -0.25) is 9.69 Å². The zero-order chi connectivity index (χ0) is 10.6. The van der Waals surface area contributed by atoms with Gasteiger partial charge in [-0.25, -0.2) is 0 Å². The highest BCUT2D eigenvalue weighted by molar-refractivity contribution is 5.82. The lowest BCUT2D eigenvalue weighted by Gasteiger charge is -2.31. The van der Waals surface area contributed by atoms with Gasteiger partial charge in [0.25, 0.3) is 0 Å². The van der Waals surface area contributed by atoms with Crippen LogP contribution in [0.2, 0.25) is 0 Å². The molecule has 0 radical (unpaired) electrons. The standard InChI is InChI=1S/C11H23NO/c1-7-9(2)10(13)8-12(6)11(3,4)5/h9H,7-8H2,1-6H3. The van der Waals surface area contributed by atoms with Gasteiger partial charge in [0.15, 0.2) is 0 Å². The summed E-state index contributed by atoms with van der Waals surface area (Å²) in [5.74, 6) is 0.546. The molecular formula is C11H23NO. The number of ketones is 1. The third-order valence-corrected chi connectivity index (χ3v) is 2.70. The van der Waals surface area contributed by atoms with E-state index >= 15 is 0 Å². The predicted octanol–water partition coefficient (Wildman–Crippen LogP) is 2.33. The van der Waals surface area contributed by atoms with Crippen LogP contribution < -0.4 is 0 Å². The predicted molar refractivity (Wildman–Crippen MR) is 56.8 cm³/mol. The van der Waals surface area contributed by atoms with E-state index in [4.69, 9.17) is 0 Å². The minimum absolute atomic E-state index is 0.0864. The monoisotopic (exact) mass is 185 g/mol. The van der Waals surface area contributed by atoms with E-state index in [1.807, 2.05) is 14.0 Å². The summed E-state index contributed by atoms with van der Waals surface area (Å²) in [5.41, 5.74) is 0.0864. The molecule has 0 spiro atoms. The van der Waals surface area contributed by atoms with Crippen LogP contribution in [0.1, 0.15) is 41.0 Å². The van der Waals surface area contributed by atoms with Gasteiger partial charge >= 0.3 is 0 Å². The molecule has 0 bridgehead atoms. The molecule has 13 heavy (non-hydrogen) atoms. The number of likely N-dealkylation sites (N-methyl/N-ethyl adjacent to an activating group) is 1. The van der Waals surface area contributed by atoms with Crippen LogP contribution in [0.4, 0.5) is 0 Å². The van der Waals surface area contributed by atoms with Crippen LogP contribution in [0.3, 0.4) is 0 Å². The topological polar surface area (TPSA) is 20.3 Å². The number of nitrogens with zero attached hydrogens (tertiary/aromatic N) is 1. The second-order valence-corrected chi connectivity index (χ2v) is 4.80. The van der Waals surface area contributed by atoms with Gasteiger partial charge in [0.05, 0.1) is 6.54 Å². The largest absolute Gasteiger partial charge is 0.298 e. The average Bonchev–Trinajstić information content (AvgIpc) is 2.01. The maximum absolute atomic E-state index is 11.6. The van der Waals surface area contributed by atoms with Crippen LogP contribution in [-0.2, 0) is 4.79 Å². The van der Waals surface area contributed by atoms with Crippen molar-refractivity contribution in [3.63, 3.8) is 0 Å². The fraction of sp³-hybridized carbons (Fsp3) is 0.909. The highest BCUT2D eigenvalue weighted by Crippen LogP contribution is 2.12. The second-order valence-electron chi connectivity index (χ2n) is 4.80. The van der Waals surface area contributed by atoms with Crippen LogP contribution in [0.15, 0.2) is 0 Å². The van der Waals surface area contributed by atoms with Crippen molar-refractivity contribution in [2.75, 3.05) is 13.6 Å². The van der Waals surface area contributed by atoms with E-state index in [9.17, 15) is 4.79 Å². The van der Waals surface area contributed by atoms with Crippen molar-refractivity contribution in [1.82, 2.24) is 4.90 Å². The molecular weight excluding hydrogens is 162 g/mol. The van der Waals surface area contributed by atoms with Gasteiger partial charge in [-0.2, -0.15) is 0 Å². The van der Waals surface area contributed by atoms with Gasteiger partial charge < -0.3 is 0 Å². The zero-order valence-corrected chi connectivity index (χ0v) is 9.85. The maximum atomic E-state index is 11.6. The number of rotatable bonds is 4. The van der Waals surface area contributed by atoms with Gasteiger partial charge in [-0.05, 0) is 34.2 Å². The molecule has 1 atom stereocenters. The van der Waals surface area contributed by atoms with Gasteiger partial charge in [-0.1, -0.05) is 13.8 Å². The van der Waals surface area contributed by atoms with Crippen LogP contribution in [0.25, 0.3) is 0 Å². The smallest absolute Gasteiger partial charge is 0.149 e. The minimum Gasteiger partial charge on any atom is -0.298 e. The summed E-state index contributed by atoms with van der Waals surface area (Å²) >= 11 is 0. The fourth-order valence-electron chi connectivity index (χ4n) is 0.854. The summed E-state index contributed by atoms with van der Waals surface area (Å²) in [6.07, 6.45) is 0.941. The van der Waals surface area contributed by atoms with Gasteiger partial charge in [-0.15, -0.1) is 0 Å². The fourth-order valence-corrected chi connectivity index (χ4v) is 0.854. The Balaban J connectivity index is 4.07. The molecule has 0 rings (SSSR count). The molecule has 2 heteroatoms.